The molecule has 2 heteroatoms. The number of rotatable bonds is 6. The fraction of sp³-hybridized carbons (Fsp3) is 1.00. The molecule has 1 fully saturated rings. The summed E-state index contributed by atoms with van der Waals surface area (Å²) in [5, 5.41) is 3.74. The predicted octanol–water partition coefficient (Wildman–Crippen LogP) is 2.74. The summed E-state index contributed by atoms with van der Waals surface area (Å²) in [7, 11) is 0. The molecule has 0 heterocycles. The van der Waals surface area contributed by atoms with Crippen molar-refractivity contribution in [1.29, 1.82) is 0 Å². The summed E-state index contributed by atoms with van der Waals surface area (Å²) in [6, 6.07) is 0.773. The van der Waals surface area contributed by atoms with Gasteiger partial charge in [-0.2, -0.15) is 0 Å². The molecule has 0 spiro atoms. The van der Waals surface area contributed by atoms with E-state index in [2.05, 4.69) is 37.9 Å². The van der Waals surface area contributed by atoms with Crippen LogP contribution in [-0.2, 0) is 0 Å². The molecular weight excluding hydrogens is 196 g/mol. The van der Waals surface area contributed by atoms with Gasteiger partial charge in [-0.05, 0) is 44.2 Å². The van der Waals surface area contributed by atoms with Crippen LogP contribution in [0.3, 0.4) is 0 Å². The summed E-state index contributed by atoms with van der Waals surface area (Å²) in [5.74, 6) is 1.82. The van der Waals surface area contributed by atoms with Gasteiger partial charge in [0.1, 0.15) is 0 Å². The van der Waals surface area contributed by atoms with Gasteiger partial charge in [-0.1, -0.05) is 27.7 Å². The Morgan fingerprint density at radius 2 is 1.56 bits per heavy atom. The molecule has 0 aromatic heterocycles. The first kappa shape index (κ1) is 14.0. The van der Waals surface area contributed by atoms with Gasteiger partial charge in [0.05, 0.1) is 0 Å². The summed E-state index contributed by atoms with van der Waals surface area (Å²) in [4.78, 5) is 2.49. The van der Waals surface area contributed by atoms with Crippen molar-refractivity contribution in [3.63, 3.8) is 0 Å². The minimum Gasteiger partial charge on any atom is -0.313 e. The van der Waals surface area contributed by atoms with Gasteiger partial charge in [-0.15, -0.1) is 0 Å². The van der Waals surface area contributed by atoms with Gasteiger partial charge in [-0.25, -0.2) is 0 Å². The molecule has 2 unspecified atom stereocenters. The van der Waals surface area contributed by atoms with Gasteiger partial charge < -0.3 is 10.2 Å². The third-order valence-electron chi connectivity index (χ3n) is 3.93. The Hall–Kier alpha value is -0.0800. The van der Waals surface area contributed by atoms with Crippen LogP contribution in [0.4, 0.5) is 0 Å². The van der Waals surface area contributed by atoms with Gasteiger partial charge in [0.15, 0.2) is 0 Å². The van der Waals surface area contributed by atoms with E-state index in [0.29, 0.717) is 0 Å². The Kier molecular flexibility index (Phi) is 6.37. The maximum Gasteiger partial charge on any atom is 0.0107 e. The highest BCUT2D eigenvalue weighted by Gasteiger charge is 2.23. The Bertz CT molecular complexity index is 168. The molecule has 1 aliphatic rings. The van der Waals surface area contributed by atoms with E-state index in [-0.39, 0.29) is 0 Å². The van der Waals surface area contributed by atoms with Crippen LogP contribution in [0, 0.1) is 11.8 Å². The zero-order chi connectivity index (χ0) is 12.0. The van der Waals surface area contributed by atoms with Crippen LogP contribution in [0.1, 0.15) is 47.0 Å². The highest BCUT2D eigenvalue weighted by atomic mass is 15.1. The van der Waals surface area contributed by atoms with E-state index in [1.54, 1.807) is 0 Å². The maximum absolute atomic E-state index is 3.74. The van der Waals surface area contributed by atoms with E-state index >= 15 is 0 Å². The van der Waals surface area contributed by atoms with Crippen LogP contribution in [0.25, 0.3) is 0 Å². The van der Waals surface area contributed by atoms with Crippen molar-refractivity contribution in [1.82, 2.24) is 10.2 Å². The molecule has 1 rings (SSSR count). The molecule has 0 bridgehead atoms. The van der Waals surface area contributed by atoms with Gasteiger partial charge in [0.25, 0.3) is 0 Å². The van der Waals surface area contributed by atoms with Crippen LogP contribution < -0.4 is 5.32 Å². The van der Waals surface area contributed by atoms with Gasteiger partial charge in [-0.3, -0.25) is 0 Å². The minimum atomic E-state index is 0.773. The highest BCUT2D eigenvalue weighted by Crippen LogP contribution is 2.28. The Morgan fingerprint density at radius 1 is 1.00 bits per heavy atom. The Balaban J connectivity index is 2.16. The lowest BCUT2D eigenvalue weighted by Gasteiger charge is -2.32. The molecule has 1 aliphatic carbocycles. The second-order valence-electron chi connectivity index (χ2n) is 5.60. The summed E-state index contributed by atoms with van der Waals surface area (Å²) in [5.41, 5.74) is 0. The molecule has 0 saturated heterocycles. The van der Waals surface area contributed by atoms with Crippen molar-refractivity contribution >= 4 is 0 Å². The van der Waals surface area contributed by atoms with Crippen molar-refractivity contribution in [2.24, 2.45) is 11.8 Å². The Morgan fingerprint density at radius 3 is 2.06 bits per heavy atom. The molecule has 2 nitrogen and oxygen atoms in total. The molecule has 0 aliphatic heterocycles. The summed E-state index contributed by atoms with van der Waals surface area (Å²) in [6.45, 7) is 14.0. The molecule has 0 aromatic carbocycles. The first-order valence-corrected chi connectivity index (χ1v) is 7.11. The van der Waals surface area contributed by atoms with Gasteiger partial charge >= 0.3 is 0 Å². The quantitative estimate of drug-likeness (QED) is 0.749. The zero-order valence-corrected chi connectivity index (χ0v) is 11.6. The molecule has 0 amide bonds. The van der Waals surface area contributed by atoms with Crippen molar-refractivity contribution in [2.75, 3.05) is 26.2 Å². The maximum atomic E-state index is 3.74. The topological polar surface area (TPSA) is 15.3 Å². The number of hydrogen-bond donors (Lipinski definition) is 1. The number of nitrogens with one attached hydrogen (secondary N) is 1. The van der Waals surface area contributed by atoms with Gasteiger partial charge in [0, 0.05) is 19.1 Å². The molecule has 1 saturated carbocycles. The van der Waals surface area contributed by atoms with Crippen molar-refractivity contribution < 1.29 is 0 Å². The molecule has 96 valence electrons. The summed E-state index contributed by atoms with van der Waals surface area (Å²) >= 11 is 0. The third-order valence-corrected chi connectivity index (χ3v) is 3.93. The lowest BCUT2D eigenvalue weighted by Crippen LogP contribution is -2.40. The molecule has 2 atom stereocenters. The van der Waals surface area contributed by atoms with Crippen LogP contribution in [0.5, 0.6) is 0 Å². The number of hydrogen-bond acceptors (Lipinski definition) is 2. The van der Waals surface area contributed by atoms with Gasteiger partial charge in [0.2, 0.25) is 0 Å². The largest absolute Gasteiger partial charge is 0.313 e. The first-order chi connectivity index (χ1) is 7.65. The average Bonchev–Trinajstić information content (AvgIpc) is 2.23. The molecule has 0 aromatic rings. The Labute approximate surface area is 102 Å². The van der Waals surface area contributed by atoms with Crippen LogP contribution in [0.2, 0.25) is 0 Å². The fourth-order valence-electron chi connectivity index (χ4n) is 3.08. The van der Waals surface area contributed by atoms with Crippen LogP contribution in [-0.4, -0.2) is 37.1 Å². The normalized spacial score (nSPS) is 30.9. The molecule has 0 radical (unpaired) electrons. The van der Waals surface area contributed by atoms with E-state index < -0.39 is 0 Å². The lowest BCUT2D eigenvalue weighted by molar-refractivity contribution is 0.227. The third kappa shape index (κ3) is 4.84. The smallest absolute Gasteiger partial charge is 0.0107 e. The second-order valence-corrected chi connectivity index (χ2v) is 5.60. The van der Waals surface area contributed by atoms with Crippen LogP contribution in [0.15, 0.2) is 0 Å². The standard InChI is InChI=1S/C14H30N2/c1-5-16(6-2)8-7-15-14-10-12(3)9-13(4)11-14/h12-15H,5-11H2,1-4H3. The van der Waals surface area contributed by atoms with E-state index in [0.717, 1.165) is 24.4 Å². The average molecular weight is 226 g/mol. The van der Waals surface area contributed by atoms with E-state index in [9.17, 15) is 0 Å². The van der Waals surface area contributed by atoms with Crippen molar-refractivity contribution in [2.45, 2.75) is 53.0 Å². The zero-order valence-electron chi connectivity index (χ0n) is 11.6. The van der Waals surface area contributed by atoms with E-state index in [1.165, 1.54) is 38.9 Å². The van der Waals surface area contributed by atoms with E-state index in [4.69, 9.17) is 0 Å². The van der Waals surface area contributed by atoms with Crippen molar-refractivity contribution in [3.8, 4) is 0 Å². The molecule has 1 N–H and O–H groups in total. The summed E-state index contributed by atoms with van der Waals surface area (Å²) in [6.07, 6.45) is 4.18. The van der Waals surface area contributed by atoms with Crippen molar-refractivity contribution in [3.05, 3.63) is 0 Å². The molecular formula is C14H30N2. The highest BCUT2D eigenvalue weighted by molar-refractivity contribution is 4.79. The van der Waals surface area contributed by atoms with Crippen LogP contribution >= 0.6 is 0 Å². The SMILES string of the molecule is CCN(CC)CCNC1CC(C)CC(C)C1. The second kappa shape index (κ2) is 7.29. The summed E-state index contributed by atoms with van der Waals surface area (Å²) < 4.78 is 0. The lowest BCUT2D eigenvalue weighted by atomic mass is 9.80. The monoisotopic (exact) mass is 226 g/mol. The fourth-order valence-corrected chi connectivity index (χ4v) is 3.08. The minimum absolute atomic E-state index is 0.773. The van der Waals surface area contributed by atoms with E-state index in [1.807, 2.05) is 0 Å². The first-order valence-electron chi connectivity index (χ1n) is 7.11. The molecule has 16 heavy (non-hydrogen) atoms. The predicted molar refractivity (Wildman–Crippen MR) is 71.8 cm³/mol. The number of nitrogens with zero attached hydrogens (tertiary/aromatic N) is 1. The number of likely N-dealkylation sites (N-methyl/N-ethyl adjacent to an activating group) is 1.